The Morgan fingerprint density at radius 3 is 2.42 bits per heavy atom. The van der Waals surface area contributed by atoms with E-state index in [1.807, 2.05) is 66.7 Å². The van der Waals surface area contributed by atoms with Gasteiger partial charge in [-0.3, -0.25) is 0 Å². The van der Waals surface area contributed by atoms with Crippen molar-refractivity contribution in [3.63, 3.8) is 0 Å². The quantitative estimate of drug-likeness (QED) is 0.683. The second-order valence-electron chi connectivity index (χ2n) is 4.64. The number of nitrogens with two attached hydrogens (primary N) is 1. The second kappa shape index (κ2) is 4.75. The molecule has 2 heteroatoms. The number of hydrogen-bond donors (Lipinski definition) is 2. The fourth-order valence-electron chi connectivity index (χ4n) is 2.40. The fourth-order valence-corrected chi connectivity index (χ4v) is 2.40. The molecule has 0 fully saturated rings. The van der Waals surface area contributed by atoms with E-state index in [2.05, 4.69) is 0 Å². The van der Waals surface area contributed by atoms with E-state index in [1.165, 1.54) is 0 Å². The van der Waals surface area contributed by atoms with Crippen LogP contribution in [0, 0.1) is 0 Å². The molecule has 2 nitrogen and oxygen atoms in total. The van der Waals surface area contributed by atoms with E-state index in [-0.39, 0.29) is 0 Å². The molecule has 3 aromatic carbocycles. The van der Waals surface area contributed by atoms with Gasteiger partial charge in [-0.1, -0.05) is 54.6 Å². The Kier molecular flexibility index (Phi) is 2.94. The molecule has 1 atom stereocenters. The zero-order valence-corrected chi connectivity index (χ0v) is 10.5. The van der Waals surface area contributed by atoms with Gasteiger partial charge < -0.3 is 10.8 Å². The molecule has 0 unspecified atom stereocenters. The summed E-state index contributed by atoms with van der Waals surface area (Å²) < 4.78 is 0. The van der Waals surface area contributed by atoms with Crippen molar-refractivity contribution in [3.05, 3.63) is 77.9 Å². The normalized spacial score (nSPS) is 12.5. The maximum atomic E-state index is 10.6. The van der Waals surface area contributed by atoms with E-state index in [0.29, 0.717) is 5.69 Å². The van der Waals surface area contributed by atoms with Crippen LogP contribution in [0.4, 0.5) is 5.69 Å². The summed E-state index contributed by atoms with van der Waals surface area (Å²) >= 11 is 0. The topological polar surface area (TPSA) is 46.2 Å². The third-order valence-corrected chi connectivity index (χ3v) is 3.34. The monoisotopic (exact) mass is 249 g/mol. The molecular formula is C17H15NO. The van der Waals surface area contributed by atoms with Gasteiger partial charge in [-0.15, -0.1) is 0 Å². The lowest BCUT2D eigenvalue weighted by Crippen LogP contribution is -2.01. The SMILES string of the molecule is Nc1cccc([C@H](O)c2cccc3ccccc23)c1. The molecule has 0 heterocycles. The van der Waals surface area contributed by atoms with Gasteiger partial charge in [0, 0.05) is 5.69 Å². The molecule has 0 aliphatic rings. The van der Waals surface area contributed by atoms with Crippen LogP contribution in [0.15, 0.2) is 66.7 Å². The molecule has 0 radical (unpaired) electrons. The van der Waals surface area contributed by atoms with E-state index < -0.39 is 6.10 Å². The van der Waals surface area contributed by atoms with Gasteiger partial charge in [-0.05, 0) is 34.0 Å². The number of fused-ring (bicyclic) bond motifs is 1. The Morgan fingerprint density at radius 1 is 0.842 bits per heavy atom. The molecule has 0 aromatic heterocycles. The van der Waals surface area contributed by atoms with Crippen molar-refractivity contribution in [1.29, 1.82) is 0 Å². The van der Waals surface area contributed by atoms with E-state index in [4.69, 9.17) is 5.73 Å². The van der Waals surface area contributed by atoms with Crippen molar-refractivity contribution < 1.29 is 5.11 Å². The molecule has 3 aromatic rings. The number of rotatable bonds is 2. The second-order valence-corrected chi connectivity index (χ2v) is 4.64. The third kappa shape index (κ3) is 2.18. The summed E-state index contributed by atoms with van der Waals surface area (Å²) in [5, 5.41) is 12.8. The minimum atomic E-state index is -0.658. The Balaban J connectivity index is 2.14. The molecule has 94 valence electrons. The zero-order valence-electron chi connectivity index (χ0n) is 10.5. The summed E-state index contributed by atoms with van der Waals surface area (Å²) in [5.74, 6) is 0. The van der Waals surface area contributed by atoms with Gasteiger partial charge >= 0.3 is 0 Å². The van der Waals surface area contributed by atoms with Crippen LogP contribution < -0.4 is 5.73 Å². The van der Waals surface area contributed by atoms with Gasteiger partial charge in [-0.2, -0.15) is 0 Å². The first-order chi connectivity index (χ1) is 9.25. The Bertz CT molecular complexity index is 716. The van der Waals surface area contributed by atoms with Crippen LogP contribution in [0.3, 0.4) is 0 Å². The fraction of sp³-hybridized carbons (Fsp3) is 0.0588. The van der Waals surface area contributed by atoms with Crippen molar-refractivity contribution in [1.82, 2.24) is 0 Å². The smallest absolute Gasteiger partial charge is 0.105 e. The molecule has 3 rings (SSSR count). The highest BCUT2D eigenvalue weighted by molar-refractivity contribution is 5.86. The summed E-state index contributed by atoms with van der Waals surface area (Å²) in [6.45, 7) is 0. The van der Waals surface area contributed by atoms with Crippen LogP contribution in [0.1, 0.15) is 17.2 Å². The Labute approximate surface area is 112 Å². The maximum Gasteiger partial charge on any atom is 0.105 e. The highest BCUT2D eigenvalue weighted by Crippen LogP contribution is 2.29. The number of nitrogen functional groups attached to an aromatic ring is 1. The number of hydrogen-bond acceptors (Lipinski definition) is 2. The lowest BCUT2D eigenvalue weighted by molar-refractivity contribution is 0.222. The first-order valence-corrected chi connectivity index (χ1v) is 6.27. The predicted octanol–water partition coefficient (Wildman–Crippen LogP) is 3.50. The van der Waals surface area contributed by atoms with Crippen LogP contribution in [-0.2, 0) is 0 Å². The van der Waals surface area contributed by atoms with Gasteiger partial charge in [0.2, 0.25) is 0 Å². The minimum absolute atomic E-state index is 0.658. The molecule has 3 N–H and O–H groups in total. The van der Waals surface area contributed by atoms with Crippen LogP contribution in [-0.4, -0.2) is 5.11 Å². The Morgan fingerprint density at radius 2 is 1.58 bits per heavy atom. The Hall–Kier alpha value is -2.32. The van der Waals surface area contributed by atoms with Crippen molar-refractivity contribution in [2.75, 3.05) is 5.73 Å². The molecule has 0 amide bonds. The first-order valence-electron chi connectivity index (χ1n) is 6.27. The van der Waals surface area contributed by atoms with E-state index in [9.17, 15) is 5.11 Å². The largest absolute Gasteiger partial charge is 0.399 e. The molecule has 0 bridgehead atoms. The predicted molar refractivity (Wildman–Crippen MR) is 78.9 cm³/mol. The third-order valence-electron chi connectivity index (χ3n) is 3.34. The number of aliphatic hydroxyl groups is 1. The van der Waals surface area contributed by atoms with Gasteiger partial charge in [-0.25, -0.2) is 0 Å². The van der Waals surface area contributed by atoms with Crippen LogP contribution in [0.2, 0.25) is 0 Å². The lowest BCUT2D eigenvalue weighted by atomic mass is 9.96. The van der Waals surface area contributed by atoms with E-state index in [1.54, 1.807) is 0 Å². The minimum Gasteiger partial charge on any atom is -0.399 e. The standard InChI is InChI=1S/C17H15NO/c18-14-8-3-7-13(11-14)17(19)16-10-4-6-12-5-1-2-9-15(12)16/h1-11,17,19H,18H2/t17-/m0/s1. The summed E-state index contributed by atoms with van der Waals surface area (Å²) in [4.78, 5) is 0. The highest BCUT2D eigenvalue weighted by Gasteiger charge is 2.13. The van der Waals surface area contributed by atoms with Gasteiger partial charge in [0.25, 0.3) is 0 Å². The molecular weight excluding hydrogens is 234 g/mol. The summed E-state index contributed by atoms with van der Waals surface area (Å²) in [7, 11) is 0. The maximum absolute atomic E-state index is 10.6. The van der Waals surface area contributed by atoms with Crippen LogP contribution in [0.25, 0.3) is 10.8 Å². The number of aliphatic hydroxyl groups excluding tert-OH is 1. The zero-order chi connectivity index (χ0) is 13.2. The molecule has 19 heavy (non-hydrogen) atoms. The van der Waals surface area contributed by atoms with E-state index in [0.717, 1.165) is 21.9 Å². The molecule has 0 saturated carbocycles. The summed E-state index contributed by atoms with van der Waals surface area (Å²) in [6.07, 6.45) is -0.658. The number of anilines is 1. The van der Waals surface area contributed by atoms with Crippen molar-refractivity contribution >= 4 is 16.5 Å². The highest BCUT2D eigenvalue weighted by atomic mass is 16.3. The van der Waals surface area contributed by atoms with Gasteiger partial charge in [0.05, 0.1) is 0 Å². The van der Waals surface area contributed by atoms with Gasteiger partial charge in [0.15, 0.2) is 0 Å². The number of benzene rings is 3. The molecule has 0 saturated heterocycles. The lowest BCUT2D eigenvalue weighted by Gasteiger charge is -2.14. The first kappa shape index (κ1) is 11.8. The average molecular weight is 249 g/mol. The average Bonchev–Trinajstić information content (AvgIpc) is 2.46. The van der Waals surface area contributed by atoms with Crippen molar-refractivity contribution in [2.24, 2.45) is 0 Å². The van der Waals surface area contributed by atoms with Crippen molar-refractivity contribution in [3.8, 4) is 0 Å². The van der Waals surface area contributed by atoms with Crippen molar-refractivity contribution in [2.45, 2.75) is 6.10 Å². The van der Waals surface area contributed by atoms with Crippen LogP contribution >= 0.6 is 0 Å². The van der Waals surface area contributed by atoms with Crippen LogP contribution in [0.5, 0.6) is 0 Å². The summed E-state index contributed by atoms with van der Waals surface area (Å²) in [5.41, 5.74) is 8.16. The molecule has 0 aliphatic heterocycles. The van der Waals surface area contributed by atoms with E-state index >= 15 is 0 Å². The van der Waals surface area contributed by atoms with Gasteiger partial charge in [0.1, 0.15) is 6.10 Å². The summed E-state index contributed by atoms with van der Waals surface area (Å²) in [6, 6.07) is 21.4. The molecule has 0 aliphatic carbocycles. The molecule has 0 spiro atoms.